The van der Waals surface area contributed by atoms with Crippen molar-refractivity contribution in [3.05, 3.63) is 0 Å². The highest BCUT2D eigenvalue weighted by molar-refractivity contribution is 5.70. The Labute approximate surface area is 57.0 Å². The summed E-state index contributed by atoms with van der Waals surface area (Å²) in [5.41, 5.74) is 1.84. The first-order valence-electron chi connectivity index (χ1n) is 2.45. The fraction of sp³-hybridized carbons (Fsp3) is 0.500. The highest BCUT2D eigenvalue weighted by Gasteiger charge is 2.04. The van der Waals surface area contributed by atoms with E-state index in [1.165, 1.54) is 7.05 Å². The molecular formula is C4H8N2O4. The topological polar surface area (TPSA) is 89.9 Å². The maximum absolute atomic E-state index is 9.92. The number of nitrogens with one attached hydrogen (secondary N) is 1. The highest BCUT2D eigenvalue weighted by atomic mass is 16.4. The van der Waals surface area contributed by atoms with Crippen molar-refractivity contribution in [2.24, 2.45) is 0 Å². The zero-order valence-electron chi connectivity index (χ0n) is 5.37. The van der Waals surface area contributed by atoms with Crippen LogP contribution in [-0.2, 0) is 4.79 Å². The molecule has 3 N–H and O–H groups in total. The van der Waals surface area contributed by atoms with Gasteiger partial charge in [-0.1, -0.05) is 0 Å². The van der Waals surface area contributed by atoms with Crippen molar-refractivity contribution in [3.63, 3.8) is 0 Å². The van der Waals surface area contributed by atoms with E-state index >= 15 is 0 Å². The number of nitrogens with zero attached hydrogens (tertiary/aromatic N) is 1. The van der Waals surface area contributed by atoms with Crippen LogP contribution in [0.5, 0.6) is 0 Å². The van der Waals surface area contributed by atoms with E-state index in [1.807, 2.05) is 5.43 Å². The molecule has 0 aliphatic heterocycles. The van der Waals surface area contributed by atoms with Gasteiger partial charge in [0.15, 0.2) is 0 Å². The van der Waals surface area contributed by atoms with E-state index in [0.29, 0.717) is 0 Å². The first kappa shape index (κ1) is 8.70. The van der Waals surface area contributed by atoms with Gasteiger partial charge in [0.25, 0.3) is 0 Å². The standard InChI is InChI=1S/C4H8N2O4/c1-6(2-3(7)8)5-4(9)10/h5H,2H2,1H3,(H,7,8)(H,9,10). The molecular weight excluding hydrogens is 140 g/mol. The van der Waals surface area contributed by atoms with Crippen LogP contribution in [0.1, 0.15) is 0 Å². The van der Waals surface area contributed by atoms with Gasteiger partial charge >= 0.3 is 12.1 Å². The summed E-state index contributed by atoms with van der Waals surface area (Å²) in [6.07, 6.45) is -1.27. The summed E-state index contributed by atoms with van der Waals surface area (Å²) in [7, 11) is 1.32. The van der Waals surface area contributed by atoms with E-state index in [0.717, 1.165) is 5.01 Å². The molecule has 0 aliphatic carbocycles. The Morgan fingerprint density at radius 2 is 2.00 bits per heavy atom. The Bertz CT molecular complexity index is 130. The molecule has 0 saturated heterocycles. The van der Waals surface area contributed by atoms with Crippen molar-refractivity contribution in [1.29, 1.82) is 0 Å². The number of likely N-dealkylation sites (N-methyl/N-ethyl adjacent to an activating group) is 1. The summed E-state index contributed by atoms with van der Waals surface area (Å²) < 4.78 is 0. The third kappa shape index (κ3) is 4.85. The summed E-state index contributed by atoms with van der Waals surface area (Å²) in [6.45, 7) is -0.355. The van der Waals surface area contributed by atoms with Crippen LogP contribution < -0.4 is 5.43 Å². The van der Waals surface area contributed by atoms with Crippen LogP contribution in [0.4, 0.5) is 4.79 Å². The molecule has 0 radical (unpaired) electrons. The summed E-state index contributed by atoms with van der Waals surface area (Å²) in [5.74, 6) is -1.09. The van der Waals surface area contributed by atoms with Gasteiger partial charge in [-0.2, -0.15) is 0 Å². The number of carboxylic acid groups (broad SMARTS) is 2. The normalized spacial score (nSPS) is 9.40. The lowest BCUT2D eigenvalue weighted by atomic mass is 10.6. The van der Waals surface area contributed by atoms with E-state index in [1.54, 1.807) is 0 Å². The van der Waals surface area contributed by atoms with Crippen molar-refractivity contribution < 1.29 is 19.8 Å². The van der Waals surface area contributed by atoms with Gasteiger partial charge < -0.3 is 10.2 Å². The Kier molecular flexibility index (Phi) is 3.20. The third-order valence-electron chi connectivity index (χ3n) is 0.659. The second-order valence-corrected chi connectivity index (χ2v) is 1.67. The summed E-state index contributed by atoms with van der Waals surface area (Å²) in [4.78, 5) is 19.8. The number of hydrogen-bond acceptors (Lipinski definition) is 3. The van der Waals surface area contributed by atoms with Crippen LogP contribution in [0, 0.1) is 0 Å². The quantitative estimate of drug-likeness (QED) is 0.455. The van der Waals surface area contributed by atoms with Gasteiger partial charge in [-0.15, -0.1) is 0 Å². The van der Waals surface area contributed by atoms with Gasteiger partial charge in [0.1, 0.15) is 6.54 Å². The van der Waals surface area contributed by atoms with Gasteiger partial charge in [-0.25, -0.2) is 9.80 Å². The molecule has 0 aromatic heterocycles. The molecule has 0 fully saturated rings. The average Bonchev–Trinajstić information content (AvgIpc) is 1.58. The Morgan fingerprint density at radius 1 is 1.50 bits per heavy atom. The minimum Gasteiger partial charge on any atom is -0.480 e. The first-order valence-corrected chi connectivity index (χ1v) is 2.45. The fourth-order valence-electron chi connectivity index (χ4n) is 0.406. The number of rotatable bonds is 3. The van der Waals surface area contributed by atoms with Crippen molar-refractivity contribution in [2.45, 2.75) is 0 Å². The Hall–Kier alpha value is -1.30. The number of carbonyl (C=O) groups is 2. The molecule has 0 heterocycles. The molecule has 0 aliphatic rings. The van der Waals surface area contributed by atoms with Crippen molar-refractivity contribution in [2.75, 3.05) is 13.6 Å². The predicted octanol–water partition coefficient (Wildman–Crippen LogP) is -0.815. The molecule has 0 unspecified atom stereocenters. The molecule has 1 amide bonds. The van der Waals surface area contributed by atoms with E-state index in [-0.39, 0.29) is 6.54 Å². The monoisotopic (exact) mass is 148 g/mol. The second-order valence-electron chi connectivity index (χ2n) is 1.67. The number of aliphatic carboxylic acids is 1. The lowest BCUT2D eigenvalue weighted by Gasteiger charge is -2.11. The van der Waals surface area contributed by atoms with Crippen LogP contribution in [-0.4, -0.2) is 40.9 Å². The Morgan fingerprint density at radius 3 is 2.30 bits per heavy atom. The lowest BCUT2D eigenvalue weighted by Crippen LogP contribution is -2.41. The van der Waals surface area contributed by atoms with Crippen LogP contribution >= 0.6 is 0 Å². The van der Waals surface area contributed by atoms with Gasteiger partial charge in [0.05, 0.1) is 0 Å². The van der Waals surface area contributed by atoms with E-state index in [4.69, 9.17) is 10.2 Å². The average molecular weight is 148 g/mol. The van der Waals surface area contributed by atoms with Gasteiger partial charge in [-0.3, -0.25) is 10.2 Å². The van der Waals surface area contributed by atoms with Crippen LogP contribution in [0.15, 0.2) is 0 Å². The highest BCUT2D eigenvalue weighted by Crippen LogP contribution is 1.74. The largest absolute Gasteiger partial charge is 0.480 e. The second kappa shape index (κ2) is 3.67. The van der Waals surface area contributed by atoms with Gasteiger partial charge in [0, 0.05) is 7.05 Å². The molecule has 0 atom stereocenters. The van der Waals surface area contributed by atoms with Crippen LogP contribution in [0.25, 0.3) is 0 Å². The maximum Gasteiger partial charge on any atom is 0.419 e. The fourth-order valence-corrected chi connectivity index (χ4v) is 0.406. The molecule has 0 spiro atoms. The summed E-state index contributed by atoms with van der Waals surface area (Å²) in [5, 5.41) is 17.1. The lowest BCUT2D eigenvalue weighted by molar-refractivity contribution is -0.138. The van der Waals surface area contributed by atoms with E-state index in [9.17, 15) is 9.59 Å². The molecule has 6 heteroatoms. The van der Waals surface area contributed by atoms with Crippen molar-refractivity contribution in [1.82, 2.24) is 10.4 Å². The minimum atomic E-state index is -1.27. The summed E-state index contributed by atoms with van der Waals surface area (Å²) >= 11 is 0. The summed E-state index contributed by atoms with van der Waals surface area (Å²) in [6, 6.07) is 0. The number of carboxylic acids is 1. The van der Waals surface area contributed by atoms with Crippen LogP contribution in [0.3, 0.4) is 0 Å². The zero-order valence-corrected chi connectivity index (χ0v) is 5.37. The van der Waals surface area contributed by atoms with E-state index < -0.39 is 12.1 Å². The molecule has 58 valence electrons. The van der Waals surface area contributed by atoms with Crippen LogP contribution in [0.2, 0.25) is 0 Å². The smallest absolute Gasteiger partial charge is 0.419 e. The van der Waals surface area contributed by atoms with Crippen molar-refractivity contribution >= 4 is 12.1 Å². The number of amides is 1. The van der Waals surface area contributed by atoms with E-state index in [2.05, 4.69) is 0 Å². The molecule has 10 heavy (non-hydrogen) atoms. The molecule has 0 aromatic rings. The molecule has 0 bridgehead atoms. The van der Waals surface area contributed by atoms with Crippen molar-refractivity contribution in [3.8, 4) is 0 Å². The Balaban J connectivity index is 3.53. The molecule has 0 aromatic carbocycles. The molecule has 0 rings (SSSR count). The SMILES string of the molecule is CN(CC(=O)O)NC(=O)O. The third-order valence-corrected chi connectivity index (χ3v) is 0.659. The maximum atomic E-state index is 9.92. The zero-order chi connectivity index (χ0) is 8.15. The molecule has 0 saturated carbocycles. The number of hydrogen-bond donors (Lipinski definition) is 3. The first-order chi connectivity index (χ1) is 4.52. The minimum absolute atomic E-state index is 0.355. The van der Waals surface area contributed by atoms with Gasteiger partial charge in [0.2, 0.25) is 0 Å². The predicted molar refractivity (Wildman–Crippen MR) is 31.4 cm³/mol. The van der Waals surface area contributed by atoms with Gasteiger partial charge in [-0.05, 0) is 0 Å². The molecule has 6 nitrogen and oxygen atoms in total. The number of hydrazine groups is 1.